The molecule has 0 aliphatic carbocycles. The number of sulfone groups is 1. The van der Waals surface area contributed by atoms with Gasteiger partial charge in [0, 0.05) is 13.2 Å². The number of hydrogen-bond donors (Lipinski definition) is 1. The molecule has 0 unspecified atom stereocenters. The predicted molar refractivity (Wildman–Crippen MR) is 53.0 cm³/mol. The third-order valence-electron chi connectivity index (χ3n) is 1.76. The van der Waals surface area contributed by atoms with Crippen molar-refractivity contribution in [3.8, 4) is 0 Å². The van der Waals surface area contributed by atoms with Crippen molar-refractivity contribution in [3.05, 3.63) is 18.0 Å². The molecule has 0 spiro atoms. The topological polar surface area (TPSA) is 89.3 Å². The summed E-state index contributed by atoms with van der Waals surface area (Å²) >= 11 is 0. The molecule has 1 aromatic rings. The number of carboxylic acid groups (broad SMARTS) is 1. The molecule has 0 fully saturated rings. The van der Waals surface area contributed by atoms with Gasteiger partial charge < -0.3 is 5.11 Å². The summed E-state index contributed by atoms with van der Waals surface area (Å²) in [7, 11) is -1.69. The Morgan fingerprint density at radius 1 is 1.60 bits per heavy atom. The van der Waals surface area contributed by atoms with E-state index in [4.69, 9.17) is 5.11 Å². The van der Waals surface area contributed by atoms with Gasteiger partial charge in [-0.05, 0) is 6.07 Å². The van der Waals surface area contributed by atoms with E-state index in [1.165, 1.54) is 4.68 Å². The minimum atomic E-state index is -3.37. The Hall–Kier alpha value is -1.37. The van der Waals surface area contributed by atoms with Crippen molar-refractivity contribution in [3.63, 3.8) is 0 Å². The molecule has 0 amide bonds. The monoisotopic (exact) mass is 232 g/mol. The Morgan fingerprint density at radius 2 is 2.27 bits per heavy atom. The fourth-order valence-corrected chi connectivity index (χ4v) is 2.32. The highest BCUT2D eigenvalue weighted by atomic mass is 32.2. The molecule has 84 valence electrons. The molecule has 0 atom stereocenters. The lowest BCUT2D eigenvalue weighted by Gasteiger charge is -1.99. The Kier molecular flexibility index (Phi) is 3.46. The molecule has 0 bridgehead atoms. The van der Waals surface area contributed by atoms with E-state index in [1.54, 1.807) is 19.3 Å². The van der Waals surface area contributed by atoms with Crippen molar-refractivity contribution in [2.75, 3.05) is 5.75 Å². The van der Waals surface area contributed by atoms with Crippen molar-refractivity contribution in [2.24, 2.45) is 7.05 Å². The van der Waals surface area contributed by atoms with E-state index < -0.39 is 15.8 Å². The number of nitrogens with zero attached hydrogens (tertiary/aromatic N) is 2. The standard InChI is InChI=1S/C8H12N2O4S/c1-10-4-2-7(9-10)6-15(13,14)5-3-8(11)12/h2,4H,3,5-6H2,1H3,(H,11,12). The number of hydrogen-bond acceptors (Lipinski definition) is 4. The maximum atomic E-state index is 11.4. The number of carbonyl (C=O) groups is 1. The molecule has 15 heavy (non-hydrogen) atoms. The molecule has 1 rings (SSSR count). The highest BCUT2D eigenvalue weighted by molar-refractivity contribution is 7.90. The third-order valence-corrected chi connectivity index (χ3v) is 3.33. The first kappa shape index (κ1) is 11.7. The van der Waals surface area contributed by atoms with Crippen molar-refractivity contribution in [1.82, 2.24) is 9.78 Å². The Morgan fingerprint density at radius 3 is 2.73 bits per heavy atom. The average molecular weight is 232 g/mol. The summed E-state index contributed by atoms with van der Waals surface area (Å²) < 4.78 is 24.3. The Balaban J connectivity index is 2.60. The zero-order valence-corrected chi connectivity index (χ0v) is 9.07. The van der Waals surface area contributed by atoms with Crippen LogP contribution in [0, 0.1) is 0 Å². The van der Waals surface area contributed by atoms with Crippen LogP contribution < -0.4 is 0 Å². The Labute approximate surface area is 87.4 Å². The summed E-state index contributed by atoms with van der Waals surface area (Å²) in [6, 6.07) is 1.60. The van der Waals surface area contributed by atoms with Gasteiger partial charge in [0.2, 0.25) is 0 Å². The SMILES string of the molecule is Cn1ccc(CS(=O)(=O)CCC(=O)O)n1. The van der Waals surface area contributed by atoms with Crippen LogP contribution in [0.3, 0.4) is 0 Å². The van der Waals surface area contributed by atoms with Crippen LogP contribution in [0.2, 0.25) is 0 Å². The van der Waals surface area contributed by atoms with Crippen LogP contribution in [0.1, 0.15) is 12.1 Å². The van der Waals surface area contributed by atoms with E-state index in [0.29, 0.717) is 5.69 Å². The first-order valence-corrected chi connectivity index (χ1v) is 6.12. The molecule has 0 aliphatic rings. The van der Waals surface area contributed by atoms with E-state index in [1.807, 2.05) is 0 Å². The highest BCUT2D eigenvalue weighted by Gasteiger charge is 2.15. The van der Waals surface area contributed by atoms with Gasteiger partial charge in [0.15, 0.2) is 9.84 Å². The van der Waals surface area contributed by atoms with Gasteiger partial charge in [0.1, 0.15) is 0 Å². The van der Waals surface area contributed by atoms with E-state index in [9.17, 15) is 13.2 Å². The third kappa shape index (κ3) is 4.11. The second kappa shape index (κ2) is 4.43. The lowest BCUT2D eigenvalue weighted by atomic mass is 10.5. The molecule has 1 N–H and O–H groups in total. The van der Waals surface area contributed by atoms with Crippen molar-refractivity contribution < 1.29 is 18.3 Å². The molecular formula is C8H12N2O4S. The summed E-state index contributed by atoms with van der Waals surface area (Å²) in [5.41, 5.74) is 0.433. The van der Waals surface area contributed by atoms with E-state index in [2.05, 4.69) is 5.10 Å². The van der Waals surface area contributed by atoms with Gasteiger partial charge >= 0.3 is 5.97 Å². The minimum absolute atomic E-state index is 0.207. The minimum Gasteiger partial charge on any atom is -0.481 e. The normalized spacial score (nSPS) is 11.5. The number of aromatic nitrogens is 2. The zero-order valence-electron chi connectivity index (χ0n) is 8.25. The lowest BCUT2D eigenvalue weighted by Crippen LogP contribution is -2.13. The first-order chi connectivity index (χ1) is 6.89. The molecule has 6 nitrogen and oxygen atoms in total. The zero-order chi connectivity index (χ0) is 11.5. The largest absolute Gasteiger partial charge is 0.481 e. The predicted octanol–water partition coefficient (Wildman–Crippen LogP) is -0.190. The van der Waals surface area contributed by atoms with Crippen LogP contribution in [0.5, 0.6) is 0 Å². The molecule has 1 heterocycles. The molecule has 0 aromatic carbocycles. The summed E-state index contributed by atoms with van der Waals surface area (Å²) in [6.45, 7) is 0. The van der Waals surface area contributed by atoms with E-state index in [-0.39, 0.29) is 17.9 Å². The summed E-state index contributed by atoms with van der Waals surface area (Å²) in [5, 5.41) is 12.3. The van der Waals surface area contributed by atoms with Crippen LogP contribution in [-0.4, -0.2) is 35.0 Å². The highest BCUT2D eigenvalue weighted by Crippen LogP contribution is 2.04. The molecule has 0 aliphatic heterocycles. The lowest BCUT2D eigenvalue weighted by molar-refractivity contribution is -0.136. The fourth-order valence-electron chi connectivity index (χ4n) is 1.08. The smallest absolute Gasteiger partial charge is 0.304 e. The van der Waals surface area contributed by atoms with Crippen LogP contribution >= 0.6 is 0 Å². The van der Waals surface area contributed by atoms with Crippen LogP contribution in [0.25, 0.3) is 0 Å². The first-order valence-electron chi connectivity index (χ1n) is 4.30. The van der Waals surface area contributed by atoms with E-state index >= 15 is 0 Å². The van der Waals surface area contributed by atoms with Gasteiger partial charge in [0.25, 0.3) is 0 Å². The van der Waals surface area contributed by atoms with Gasteiger partial charge in [-0.2, -0.15) is 5.10 Å². The Bertz CT molecular complexity index is 449. The molecular weight excluding hydrogens is 220 g/mol. The number of aryl methyl sites for hydroxylation is 1. The molecule has 0 saturated heterocycles. The van der Waals surface area contributed by atoms with Crippen molar-refractivity contribution in [1.29, 1.82) is 0 Å². The summed E-state index contributed by atoms with van der Waals surface area (Å²) in [4.78, 5) is 10.2. The number of aliphatic carboxylic acids is 1. The summed E-state index contributed by atoms with van der Waals surface area (Å²) in [6.07, 6.45) is 1.28. The van der Waals surface area contributed by atoms with Crippen LogP contribution in [-0.2, 0) is 27.4 Å². The van der Waals surface area contributed by atoms with Crippen LogP contribution in [0.15, 0.2) is 12.3 Å². The summed E-state index contributed by atoms with van der Waals surface area (Å²) in [5.74, 6) is -1.67. The van der Waals surface area contributed by atoms with Gasteiger partial charge in [-0.25, -0.2) is 8.42 Å². The van der Waals surface area contributed by atoms with Crippen molar-refractivity contribution >= 4 is 15.8 Å². The van der Waals surface area contributed by atoms with Gasteiger partial charge in [0.05, 0.1) is 23.6 Å². The van der Waals surface area contributed by atoms with E-state index in [0.717, 1.165) is 0 Å². The van der Waals surface area contributed by atoms with Gasteiger partial charge in [-0.15, -0.1) is 0 Å². The van der Waals surface area contributed by atoms with Crippen molar-refractivity contribution in [2.45, 2.75) is 12.2 Å². The second-order valence-corrected chi connectivity index (χ2v) is 5.40. The van der Waals surface area contributed by atoms with Gasteiger partial charge in [-0.1, -0.05) is 0 Å². The second-order valence-electron chi connectivity index (χ2n) is 3.22. The maximum absolute atomic E-state index is 11.4. The number of carboxylic acids is 1. The molecule has 0 radical (unpaired) electrons. The fraction of sp³-hybridized carbons (Fsp3) is 0.500. The molecule has 7 heteroatoms. The average Bonchev–Trinajstić information content (AvgIpc) is 2.47. The number of rotatable bonds is 5. The molecule has 0 saturated carbocycles. The van der Waals surface area contributed by atoms with Gasteiger partial charge in [-0.3, -0.25) is 9.48 Å². The molecule has 1 aromatic heterocycles. The maximum Gasteiger partial charge on any atom is 0.304 e. The van der Waals surface area contributed by atoms with Crippen LogP contribution in [0.4, 0.5) is 0 Å². The quantitative estimate of drug-likeness (QED) is 0.760.